The highest BCUT2D eigenvalue weighted by atomic mass is 16.6. The van der Waals surface area contributed by atoms with Crippen molar-refractivity contribution in [2.24, 2.45) is 0 Å². The molecule has 1 aliphatic heterocycles. The van der Waals surface area contributed by atoms with E-state index in [1.807, 2.05) is 45.3 Å². The fourth-order valence-corrected chi connectivity index (χ4v) is 2.80. The Kier molecular flexibility index (Phi) is 4.15. The van der Waals surface area contributed by atoms with Crippen molar-refractivity contribution >= 4 is 17.1 Å². The summed E-state index contributed by atoms with van der Waals surface area (Å²) < 4.78 is 7.57. The van der Waals surface area contributed by atoms with Gasteiger partial charge in [-0.15, -0.1) is 0 Å². The Morgan fingerprint density at radius 2 is 1.91 bits per heavy atom. The van der Waals surface area contributed by atoms with Gasteiger partial charge in [-0.05, 0) is 39.3 Å². The van der Waals surface area contributed by atoms with Crippen molar-refractivity contribution < 1.29 is 9.53 Å². The molecule has 6 heteroatoms. The van der Waals surface area contributed by atoms with Crippen molar-refractivity contribution in [2.75, 3.05) is 31.2 Å². The van der Waals surface area contributed by atoms with Crippen LogP contribution in [0.2, 0.25) is 0 Å². The van der Waals surface area contributed by atoms with Gasteiger partial charge >= 0.3 is 6.09 Å². The molecule has 124 valence electrons. The molecule has 1 amide bonds. The van der Waals surface area contributed by atoms with E-state index < -0.39 is 5.60 Å². The van der Waals surface area contributed by atoms with Crippen LogP contribution in [-0.2, 0) is 4.74 Å². The molecule has 0 aliphatic carbocycles. The molecular weight excluding hydrogens is 292 g/mol. The summed E-state index contributed by atoms with van der Waals surface area (Å²) in [6, 6.07) is 8.09. The molecule has 1 aromatic carbocycles. The highest BCUT2D eigenvalue weighted by Crippen LogP contribution is 2.15. The lowest BCUT2D eigenvalue weighted by atomic mass is 10.2. The molecule has 3 rings (SSSR count). The number of rotatable bonds is 1. The van der Waals surface area contributed by atoms with Crippen molar-refractivity contribution in [1.82, 2.24) is 14.6 Å². The number of hydrogen-bond acceptors (Lipinski definition) is 4. The van der Waals surface area contributed by atoms with Gasteiger partial charge in [0.25, 0.3) is 0 Å². The number of aromatic nitrogens is 2. The number of ether oxygens (including phenoxy) is 1. The second-order valence-electron chi connectivity index (χ2n) is 6.85. The van der Waals surface area contributed by atoms with E-state index in [2.05, 4.69) is 20.7 Å². The van der Waals surface area contributed by atoms with E-state index in [0.717, 1.165) is 37.1 Å². The Bertz CT molecular complexity index is 689. The Hall–Kier alpha value is -2.24. The normalized spacial score (nSPS) is 16.5. The molecule has 0 N–H and O–H groups in total. The summed E-state index contributed by atoms with van der Waals surface area (Å²) in [5.74, 6) is 0. The van der Waals surface area contributed by atoms with E-state index in [-0.39, 0.29) is 6.09 Å². The molecule has 0 unspecified atom stereocenters. The summed E-state index contributed by atoms with van der Waals surface area (Å²) in [5, 5.41) is 2.24. The van der Waals surface area contributed by atoms with Crippen molar-refractivity contribution in [2.45, 2.75) is 32.8 Å². The molecular formula is C17H24N4O2. The molecule has 0 saturated carbocycles. The number of carbonyl (C=O) groups is 1. The first-order chi connectivity index (χ1) is 10.9. The summed E-state index contributed by atoms with van der Waals surface area (Å²) in [5.41, 5.74) is 1.63. The van der Waals surface area contributed by atoms with E-state index in [1.165, 1.54) is 0 Å². The molecule has 0 atom stereocenters. The minimum atomic E-state index is -0.455. The van der Waals surface area contributed by atoms with Gasteiger partial charge in [0.05, 0.1) is 17.6 Å². The quantitative estimate of drug-likeness (QED) is 0.811. The van der Waals surface area contributed by atoms with Crippen LogP contribution in [0.4, 0.5) is 4.79 Å². The van der Waals surface area contributed by atoms with Gasteiger partial charge in [0.15, 0.2) is 0 Å². The third-order valence-electron chi connectivity index (χ3n) is 3.86. The molecule has 0 bridgehead atoms. The number of para-hydroxylation sites is 2. The number of amides is 1. The van der Waals surface area contributed by atoms with Crippen LogP contribution in [0.3, 0.4) is 0 Å². The van der Waals surface area contributed by atoms with Gasteiger partial charge in [0.1, 0.15) is 11.9 Å². The van der Waals surface area contributed by atoms with E-state index in [4.69, 9.17) is 4.74 Å². The third-order valence-corrected chi connectivity index (χ3v) is 3.86. The lowest BCUT2D eigenvalue weighted by Gasteiger charge is -2.27. The van der Waals surface area contributed by atoms with Gasteiger partial charge < -0.3 is 14.6 Å². The Morgan fingerprint density at radius 1 is 1.13 bits per heavy atom. The monoisotopic (exact) mass is 316 g/mol. The summed E-state index contributed by atoms with van der Waals surface area (Å²) in [6.07, 6.45) is 2.54. The summed E-state index contributed by atoms with van der Waals surface area (Å²) >= 11 is 0. The van der Waals surface area contributed by atoms with E-state index in [9.17, 15) is 4.79 Å². The Balaban J connectivity index is 1.70. The number of fused-ring (bicyclic) bond motifs is 1. The predicted octanol–water partition coefficient (Wildman–Crippen LogP) is 2.62. The van der Waals surface area contributed by atoms with Crippen LogP contribution in [-0.4, -0.2) is 52.4 Å². The third kappa shape index (κ3) is 3.57. The maximum absolute atomic E-state index is 12.2. The number of hydrogen-bond donors (Lipinski definition) is 0. The number of imidazole rings is 1. The van der Waals surface area contributed by atoms with Crippen LogP contribution in [0.25, 0.3) is 11.0 Å². The van der Waals surface area contributed by atoms with Gasteiger partial charge in [-0.1, -0.05) is 12.1 Å². The first kappa shape index (κ1) is 15.6. The van der Waals surface area contributed by atoms with Crippen molar-refractivity contribution in [1.29, 1.82) is 0 Å². The molecule has 2 heterocycles. The average molecular weight is 316 g/mol. The molecule has 23 heavy (non-hydrogen) atoms. The zero-order chi connectivity index (χ0) is 16.4. The molecule has 0 spiro atoms. The zero-order valence-electron chi connectivity index (χ0n) is 14.0. The number of benzene rings is 1. The fourth-order valence-electron chi connectivity index (χ4n) is 2.80. The maximum atomic E-state index is 12.2. The SMILES string of the molecule is CC(C)(C)OC(=O)N1CCCN(n2cnc3ccccc32)CC1. The smallest absolute Gasteiger partial charge is 0.410 e. The summed E-state index contributed by atoms with van der Waals surface area (Å²) in [4.78, 5) is 18.5. The van der Waals surface area contributed by atoms with E-state index >= 15 is 0 Å². The van der Waals surface area contributed by atoms with Crippen LogP contribution in [0.15, 0.2) is 30.6 Å². The molecule has 0 radical (unpaired) electrons. The highest BCUT2D eigenvalue weighted by molar-refractivity contribution is 5.75. The van der Waals surface area contributed by atoms with Crippen LogP contribution in [0, 0.1) is 0 Å². The topological polar surface area (TPSA) is 50.6 Å². The summed E-state index contributed by atoms with van der Waals surface area (Å²) in [7, 11) is 0. The van der Waals surface area contributed by atoms with Crippen LogP contribution >= 0.6 is 0 Å². The Labute approximate surface area is 136 Å². The highest BCUT2D eigenvalue weighted by Gasteiger charge is 2.24. The van der Waals surface area contributed by atoms with Gasteiger partial charge in [-0.2, -0.15) is 0 Å². The van der Waals surface area contributed by atoms with Gasteiger partial charge in [-0.3, -0.25) is 0 Å². The lowest BCUT2D eigenvalue weighted by Crippen LogP contribution is -2.41. The molecule has 6 nitrogen and oxygen atoms in total. The standard InChI is InChI=1S/C17H24N4O2/c1-17(2,3)23-16(22)19-9-6-10-20(12-11-19)21-13-18-14-7-4-5-8-15(14)21/h4-5,7-8,13H,6,9-12H2,1-3H3. The van der Waals surface area contributed by atoms with Crippen LogP contribution < -0.4 is 5.01 Å². The molecule has 1 fully saturated rings. The van der Waals surface area contributed by atoms with Crippen molar-refractivity contribution in [3.8, 4) is 0 Å². The summed E-state index contributed by atoms with van der Waals surface area (Å²) in [6.45, 7) is 8.71. The van der Waals surface area contributed by atoms with Gasteiger partial charge in [-0.25, -0.2) is 14.5 Å². The molecule has 2 aromatic rings. The Morgan fingerprint density at radius 3 is 2.70 bits per heavy atom. The average Bonchev–Trinajstić information content (AvgIpc) is 2.75. The largest absolute Gasteiger partial charge is 0.444 e. The van der Waals surface area contributed by atoms with E-state index in [0.29, 0.717) is 6.54 Å². The fraction of sp³-hybridized carbons (Fsp3) is 0.529. The van der Waals surface area contributed by atoms with Gasteiger partial charge in [0, 0.05) is 19.6 Å². The van der Waals surface area contributed by atoms with E-state index in [1.54, 1.807) is 4.90 Å². The first-order valence-corrected chi connectivity index (χ1v) is 8.09. The predicted molar refractivity (Wildman–Crippen MR) is 90.1 cm³/mol. The molecule has 1 aliphatic rings. The minimum Gasteiger partial charge on any atom is -0.444 e. The minimum absolute atomic E-state index is 0.227. The molecule has 1 saturated heterocycles. The van der Waals surface area contributed by atoms with Crippen molar-refractivity contribution in [3.05, 3.63) is 30.6 Å². The van der Waals surface area contributed by atoms with Crippen LogP contribution in [0.1, 0.15) is 27.2 Å². The second-order valence-corrected chi connectivity index (χ2v) is 6.85. The number of carbonyl (C=O) groups excluding carboxylic acids is 1. The lowest BCUT2D eigenvalue weighted by molar-refractivity contribution is 0.0263. The van der Waals surface area contributed by atoms with Crippen LogP contribution in [0.5, 0.6) is 0 Å². The van der Waals surface area contributed by atoms with Crippen molar-refractivity contribution in [3.63, 3.8) is 0 Å². The zero-order valence-corrected chi connectivity index (χ0v) is 14.0. The van der Waals surface area contributed by atoms with Gasteiger partial charge in [0.2, 0.25) is 0 Å². The number of nitrogens with zero attached hydrogens (tertiary/aromatic N) is 4. The second kappa shape index (κ2) is 6.10. The molecule has 1 aromatic heterocycles. The maximum Gasteiger partial charge on any atom is 0.410 e. The first-order valence-electron chi connectivity index (χ1n) is 8.09.